The van der Waals surface area contributed by atoms with Gasteiger partial charge in [0.2, 0.25) is 0 Å². The summed E-state index contributed by atoms with van der Waals surface area (Å²) in [6.07, 6.45) is 0. The molecule has 1 aromatic rings. The van der Waals surface area contributed by atoms with Crippen molar-refractivity contribution < 1.29 is 36.8 Å². The van der Waals surface area contributed by atoms with E-state index in [0.29, 0.717) is 0 Å². The summed E-state index contributed by atoms with van der Waals surface area (Å²) in [4.78, 5) is 9.87. The minimum absolute atomic E-state index is 0.000926. The molecule has 0 aliphatic carbocycles. The van der Waals surface area contributed by atoms with E-state index in [-0.39, 0.29) is 17.0 Å². The van der Waals surface area contributed by atoms with Crippen molar-refractivity contribution in [1.82, 2.24) is 0 Å². The number of nitro groups is 1. The first kappa shape index (κ1) is 13.3. The average molecular weight is 439 g/mol. The van der Waals surface area contributed by atoms with Crippen LogP contribution in [0.3, 0.4) is 0 Å². The molecule has 8 heteroatoms. The van der Waals surface area contributed by atoms with Crippen molar-refractivity contribution in [2.24, 2.45) is 4.40 Å². The van der Waals surface area contributed by atoms with E-state index in [1.807, 2.05) is 0 Å². The van der Waals surface area contributed by atoms with E-state index in [2.05, 4.69) is 4.40 Å². The molecule has 0 aromatic heterocycles. The predicted octanol–water partition coefficient (Wildman–Crippen LogP) is 1.67. The van der Waals surface area contributed by atoms with E-state index >= 15 is 0 Å². The van der Waals surface area contributed by atoms with Crippen LogP contribution in [0.1, 0.15) is 12.5 Å². The predicted molar refractivity (Wildman–Crippen MR) is 53.4 cm³/mol. The van der Waals surface area contributed by atoms with Gasteiger partial charge in [-0.15, -0.1) is 0 Å². The minimum atomic E-state index is -1.41. The summed E-state index contributed by atoms with van der Waals surface area (Å²) in [6.45, 7) is 1.46. The van der Waals surface area contributed by atoms with E-state index in [4.69, 9.17) is 0 Å². The molecule has 0 aliphatic heterocycles. The third-order valence-corrected chi connectivity index (χ3v) is 2.98. The van der Waals surface area contributed by atoms with Crippen LogP contribution in [0.15, 0.2) is 22.6 Å². The molecule has 0 spiro atoms. The molecular formula is C8H6AtFN2O3S. The Morgan fingerprint density at radius 1 is 1.62 bits per heavy atom. The molecule has 0 saturated heterocycles. The van der Waals surface area contributed by atoms with E-state index in [0.717, 1.165) is 41.5 Å². The van der Waals surface area contributed by atoms with Gasteiger partial charge in [-0.25, -0.2) is 0 Å². The van der Waals surface area contributed by atoms with E-state index in [1.165, 1.54) is 6.92 Å². The topological polar surface area (TPSA) is 72.6 Å². The second kappa shape index (κ2) is 5.54. The summed E-state index contributed by atoms with van der Waals surface area (Å²) in [6, 6.07) is 3.14. The number of halogens is 1. The Hall–Kier alpha value is -0.747. The number of non-ortho nitro benzene ring substituents is 1. The van der Waals surface area contributed by atoms with Crippen molar-refractivity contribution in [3.63, 3.8) is 0 Å². The number of rotatable bonds is 3. The summed E-state index contributed by atoms with van der Waals surface area (Å²) >= 11 is 0.935. The molecule has 16 heavy (non-hydrogen) atoms. The monoisotopic (exact) mass is 439 g/mol. The molecule has 0 heterocycles. The Balaban J connectivity index is 3.27. The number of benzene rings is 1. The van der Waals surface area contributed by atoms with Gasteiger partial charge in [0, 0.05) is 0 Å². The quantitative estimate of drug-likeness (QED) is 0.409. The molecule has 1 rings (SSSR count). The second-order valence-corrected chi connectivity index (χ2v) is 6.48. The molecule has 5 nitrogen and oxygen atoms in total. The summed E-state index contributed by atoms with van der Waals surface area (Å²) in [5, 5.41) is 10.5. The maximum absolute atomic E-state index is 13.3. The normalized spacial score (nSPS) is 13.6. The van der Waals surface area contributed by atoms with Gasteiger partial charge in [-0.3, -0.25) is 0 Å². The zero-order valence-electron chi connectivity index (χ0n) is 8.02. The molecule has 0 fully saturated rings. The average Bonchev–Trinajstić information content (AvgIpc) is 2.16. The van der Waals surface area contributed by atoms with Crippen LogP contribution in [0, 0.1) is 39.2 Å². The van der Waals surface area contributed by atoms with Crippen LogP contribution in [-0.4, -0.2) is 14.8 Å². The Morgan fingerprint density at radius 3 is 2.75 bits per heavy atom. The third-order valence-electron chi connectivity index (χ3n) is 1.76. The van der Waals surface area contributed by atoms with Crippen molar-refractivity contribution in [2.75, 3.05) is 0 Å². The van der Waals surface area contributed by atoms with Crippen LogP contribution < -0.4 is 0 Å². The van der Waals surface area contributed by atoms with Gasteiger partial charge >= 0.3 is 107 Å². The molecule has 1 unspecified atom stereocenters. The van der Waals surface area contributed by atoms with Crippen molar-refractivity contribution >= 4 is 19.1 Å². The van der Waals surface area contributed by atoms with Crippen LogP contribution >= 0.6 is 0 Å². The third kappa shape index (κ3) is 3.38. The van der Waals surface area contributed by atoms with Gasteiger partial charge in [0.25, 0.3) is 0 Å². The molecule has 0 saturated carbocycles. The molecule has 0 amide bonds. The summed E-state index contributed by atoms with van der Waals surface area (Å²) < 4.78 is 27.8. The molecule has 0 N–H and O–H groups in total. The fourth-order valence-electron chi connectivity index (χ4n) is 1.06. The van der Waals surface area contributed by atoms with Gasteiger partial charge in [-0.05, 0) is 0 Å². The van der Waals surface area contributed by atoms with Gasteiger partial charge in [0.15, 0.2) is 0 Å². The van der Waals surface area contributed by atoms with Gasteiger partial charge in [-0.2, -0.15) is 0 Å². The maximum atomic E-state index is 13.3. The van der Waals surface area contributed by atoms with Gasteiger partial charge in [0.05, 0.1) is 0 Å². The van der Waals surface area contributed by atoms with Crippen LogP contribution in [-0.2, 0) is 7.74 Å². The zero-order chi connectivity index (χ0) is 12.3. The summed E-state index contributed by atoms with van der Waals surface area (Å²) in [7, 11) is -1.41. The van der Waals surface area contributed by atoms with Crippen LogP contribution in [0.2, 0.25) is 0 Å². The van der Waals surface area contributed by atoms with Crippen molar-refractivity contribution in [1.29, 1.82) is 0 Å². The second-order valence-electron chi connectivity index (χ2n) is 2.80. The number of nitro benzene ring substituents is 1. The van der Waals surface area contributed by atoms with Crippen molar-refractivity contribution in [3.05, 3.63) is 39.7 Å². The fraction of sp³-hybridized carbons (Fsp3) is 0.125. The Bertz CT molecular complexity index is 492. The zero-order valence-corrected chi connectivity index (χ0v) is 11.8. The molecule has 1 atom stereocenters. The summed E-state index contributed by atoms with van der Waals surface area (Å²) in [5.74, 6) is -0.621. The van der Waals surface area contributed by atoms with Gasteiger partial charge in [-0.1, -0.05) is 0 Å². The molecule has 86 valence electrons. The first-order valence-electron chi connectivity index (χ1n) is 3.99. The number of hydrogen-bond donors (Lipinski definition) is 0. The molecule has 0 bridgehead atoms. The number of nitrogens with zero attached hydrogens (tertiary/aromatic N) is 2. The van der Waals surface area contributed by atoms with Crippen molar-refractivity contribution in [2.45, 2.75) is 6.92 Å². The molecule has 0 aliphatic rings. The van der Waals surface area contributed by atoms with Crippen molar-refractivity contribution in [3.8, 4) is 0 Å². The standard InChI is InChI=1S/C8H6AtFN2O3S/c1-5(11-16(9)15)7-4-6(12(13)14)2-3-8(7)10/h2-4H,1H3/b11-5+. The molecule has 0 radical (unpaired) electrons. The number of hydrogen-bond acceptors (Lipinski definition) is 3. The summed E-state index contributed by atoms with van der Waals surface area (Å²) in [5.41, 5.74) is -0.0428. The van der Waals surface area contributed by atoms with Crippen LogP contribution in [0.25, 0.3) is 0 Å². The van der Waals surface area contributed by atoms with Gasteiger partial charge in [0.1, 0.15) is 0 Å². The molecule has 1 aromatic carbocycles. The Morgan fingerprint density at radius 2 is 2.25 bits per heavy atom. The van der Waals surface area contributed by atoms with E-state index in [1.54, 1.807) is 0 Å². The Labute approximate surface area is 107 Å². The SMILES string of the molecule is C/C(=N\S(=O)[At])c1cc([N+](=O)[O-])ccc1F. The van der Waals surface area contributed by atoms with E-state index < -0.39 is 18.5 Å². The van der Waals surface area contributed by atoms with Crippen LogP contribution in [0.5, 0.6) is 0 Å². The Kier molecular flexibility index (Phi) is 4.61. The first-order valence-corrected chi connectivity index (χ1v) is 8.60. The first-order chi connectivity index (χ1) is 7.41. The molecular weight excluding hydrogens is 433 g/mol. The van der Waals surface area contributed by atoms with Gasteiger partial charge < -0.3 is 0 Å². The fourth-order valence-corrected chi connectivity index (χ4v) is 2.58. The van der Waals surface area contributed by atoms with E-state index in [9.17, 15) is 18.7 Å². The van der Waals surface area contributed by atoms with Crippen LogP contribution in [0.4, 0.5) is 10.1 Å².